The third-order valence-corrected chi connectivity index (χ3v) is 5.92. The lowest BCUT2D eigenvalue weighted by Gasteiger charge is -2.35. The molecular weight excluding hydrogens is 373 g/mol. The van der Waals surface area contributed by atoms with Crippen molar-refractivity contribution >= 4 is 5.91 Å². The molecule has 2 aliphatic heterocycles. The lowest BCUT2D eigenvalue weighted by Crippen LogP contribution is -2.43. The first-order valence-electron chi connectivity index (χ1n) is 10.4. The summed E-state index contributed by atoms with van der Waals surface area (Å²) >= 11 is 0. The molecule has 1 aromatic carbocycles. The van der Waals surface area contributed by atoms with E-state index in [1.807, 2.05) is 17.0 Å². The summed E-state index contributed by atoms with van der Waals surface area (Å²) in [5.41, 5.74) is 0.742. The normalized spacial score (nSPS) is 20.8. The summed E-state index contributed by atoms with van der Waals surface area (Å²) < 4.78 is 24.9. The Kier molecular flexibility index (Phi) is 6.56. The van der Waals surface area contributed by atoms with Gasteiger partial charge in [0.1, 0.15) is 5.82 Å². The fourth-order valence-electron chi connectivity index (χ4n) is 4.26. The summed E-state index contributed by atoms with van der Waals surface area (Å²) in [5.74, 6) is 0.432. The van der Waals surface area contributed by atoms with E-state index in [2.05, 4.69) is 9.88 Å². The van der Waals surface area contributed by atoms with Crippen LogP contribution in [0.15, 0.2) is 41.3 Å². The molecule has 1 aromatic heterocycles. The molecule has 0 radical (unpaired) electrons. The van der Waals surface area contributed by atoms with E-state index in [0.29, 0.717) is 25.6 Å². The third kappa shape index (κ3) is 5.22. The van der Waals surface area contributed by atoms with Gasteiger partial charge in [0.15, 0.2) is 6.39 Å². The molecule has 4 rings (SSSR count). The molecule has 2 fully saturated rings. The van der Waals surface area contributed by atoms with Gasteiger partial charge in [0.2, 0.25) is 5.76 Å². The Morgan fingerprint density at radius 3 is 2.72 bits per heavy atom. The maximum absolute atomic E-state index is 13.9. The predicted molar refractivity (Wildman–Crippen MR) is 106 cm³/mol. The SMILES string of the molecule is O=C(c1cnco1)N(CC1CCN(Cc2ccccc2F)CC1)C[C@H]1CCCO1. The summed E-state index contributed by atoms with van der Waals surface area (Å²) in [4.78, 5) is 20.9. The van der Waals surface area contributed by atoms with E-state index in [0.717, 1.165) is 50.9 Å². The van der Waals surface area contributed by atoms with Crippen LogP contribution < -0.4 is 0 Å². The van der Waals surface area contributed by atoms with Crippen LogP contribution in [0.2, 0.25) is 0 Å². The minimum Gasteiger partial charge on any atom is -0.438 e. The number of benzene rings is 1. The van der Waals surface area contributed by atoms with Crippen molar-refractivity contribution in [2.75, 3.05) is 32.8 Å². The van der Waals surface area contributed by atoms with Crippen molar-refractivity contribution in [2.45, 2.75) is 38.3 Å². The van der Waals surface area contributed by atoms with Crippen LogP contribution in [0.3, 0.4) is 0 Å². The van der Waals surface area contributed by atoms with Gasteiger partial charge in [0.05, 0.1) is 12.3 Å². The standard InChI is InChI=1S/C22H28FN3O3/c23-20-6-2-1-4-18(20)14-25-9-7-17(8-10-25)13-26(15-19-5-3-11-28-19)22(27)21-12-24-16-29-21/h1-2,4,6,12,16-17,19H,3,5,7-11,13-15H2/t19-/m1/s1. The van der Waals surface area contributed by atoms with Gasteiger partial charge < -0.3 is 14.1 Å². The summed E-state index contributed by atoms with van der Waals surface area (Å²) in [5, 5.41) is 0. The number of oxazole rings is 1. The number of piperidine rings is 1. The monoisotopic (exact) mass is 401 g/mol. The quantitative estimate of drug-likeness (QED) is 0.712. The van der Waals surface area contributed by atoms with Gasteiger partial charge in [-0.1, -0.05) is 18.2 Å². The van der Waals surface area contributed by atoms with Gasteiger partial charge in [0.25, 0.3) is 5.91 Å². The molecule has 2 aromatic rings. The number of likely N-dealkylation sites (tertiary alicyclic amines) is 1. The zero-order valence-electron chi connectivity index (χ0n) is 16.6. The number of rotatable bonds is 7. The molecule has 7 heteroatoms. The Hall–Kier alpha value is -2.25. The zero-order valence-corrected chi connectivity index (χ0v) is 16.6. The maximum atomic E-state index is 13.9. The summed E-state index contributed by atoms with van der Waals surface area (Å²) in [6, 6.07) is 6.96. The topological polar surface area (TPSA) is 58.8 Å². The molecule has 0 aliphatic carbocycles. The maximum Gasteiger partial charge on any atom is 0.291 e. The number of hydrogen-bond donors (Lipinski definition) is 0. The second-order valence-electron chi connectivity index (χ2n) is 8.02. The van der Waals surface area contributed by atoms with E-state index in [1.54, 1.807) is 6.07 Å². The highest BCUT2D eigenvalue weighted by atomic mass is 19.1. The summed E-state index contributed by atoms with van der Waals surface area (Å²) in [6.45, 7) is 4.49. The van der Waals surface area contributed by atoms with Gasteiger partial charge in [0, 0.05) is 31.8 Å². The molecule has 0 saturated carbocycles. The number of hydrogen-bond acceptors (Lipinski definition) is 5. The van der Waals surface area contributed by atoms with E-state index in [1.165, 1.54) is 18.7 Å². The number of aromatic nitrogens is 1. The smallest absolute Gasteiger partial charge is 0.291 e. The minimum atomic E-state index is -0.144. The summed E-state index contributed by atoms with van der Waals surface area (Å²) in [7, 11) is 0. The van der Waals surface area contributed by atoms with Crippen molar-refractivity contribution in [1.29, 1.82) is 0 Å². The molecular formula is C22H28FN3O3. The van der Waals surface area contributed by atoms with E-state index < -0.39 is 0 Å². The van der Waals surface area contributed by atoms with Crippen molar-refractivity contribution in [1.82, 2.24) is 14.8 Å². The first-order chi connectivity index (χ1) is 14.2. The van der Waals surface area contributed by atoms with Crippen LogP contribution in [0.5, 0.6) is 0 Å². The lowest BCUT2D eigenvalue weighted by atomic mass is 9.95. The lowest BCUT2D eigenvalue weighted by molar-refractivity contribution is 0.0422. The van der Waals surface area contributed by atoms with Gasteiger partial charge in [-0.05, 0) is 50.8 Å². The zero-order chi connectivity index (χ0) is 20.1. The molecule has 1 atom stereocenters. The largest absolute Gasteiger partial charge is 0.438 e. The molecule has 0 N–H and O–H groups in total. The highest BCUT2D eigenvalue weighted by molar-refractivity contribution is 5.91. The van der Waals surface area contributed by atoms with Crippen LogP contribution in [0.4, 0.5) is 4.39 Å². The first kappa shape index (κ1) is 20.0. The van der Waals surface area contributed by atoms with Crippen molar-refractivity contribution in [3.8, 4) is 0 Å². The molecule has 0 bridgehead atoms. The average molecular weight is 401 g/mol. The van der Waals surface area contributed by atoms with Gasteiger partial charge in [-0.15, -0.1) is 0 Å². The summed E-state index contributed by atoms with van der Waals surface area (Å²) in [6.07, 6.45) is 6.87. The van der Waals surface area contributed by atoms with E-state index in [4.69, 9.17) is 9.15 Å². The fourth-order valence-corrected chi connectivity index (χ4v) is 4.26. The number of halogens is 1. The second-order valence-corrected chi connectivity index (χ2v) is 8.02. The van der Waals surface area contributed by atoms with Crippen LogP contribution in [0, 0.1) is 11.7 Å². The van der Waals surface area contributed by atoms with Crippen molar-refractivity contribution in [3.63, 3.8) is 0 Å². The van der Waals surface area contributed by atoms with E-state index >= 15 is 0 Å². The van der Waals surface area contributed by atoms with Gasteiger partial charge in [-0.25, -0.2) is 9.37 Å². The molecule has 2 aliphatic rings. The van der Waals surface area contributed by atoms with Crippen LogP contribution in [0.25, 0.3) is 0 Å². The molecule has 29 heavy (non-hydrogen) atoms. The Balaban J connectivity index is 1.33. The Morgan fingerprint density at radius 1 is 1.21 bits per heavy atom. The highest BCUT2D eigenvalue weighted by Crippen LogP contribution is 2.23. The molecule has 1 amide bonds. The number of carbonyl (C=O) groups is 1. The molecule has 6 nitrogen and oxygen atoms in total. The fraction of sp³-hybridized carbons (Fsp3) is 0.545. The number of carbonyl (C=O) groups excluding carboxylic acids is 1. The van der Waals surface area contributed by atoms with Crippen LogP contribution in [-0.4, -0.2) is 59.6 Å². The van der Waals surface area contributed by atoms with Crippen LogP contribution in [0.1, 0.15) is 41.8 Å². The number of ether oxygens (including phenoxy) is 1. The van der Waals surface area contributed by atoms with E-state index in [-0.39, 0.29) is 23.6 Å². The number of amides is 1. The Morgan fingerprint density at radius 2 is 2.03 bits per heavy atom. The van der Waals surface area contributed by atoms with Crippen LogP contribution >= 0.6 is 0 Å². The second kappa shape index (κ2) is 9.50. The molecule has 0 spiro atoms. The Labute approximate surface area is 170 Å². The van der Waals surface area contributed by atoms with Crippen molar-refractivity contribution in [3.05, 3.63) is 54.0 Å². The number of nitrogens with zero attached hydrogens (tertiary/aromatic N) is 3. The third-order valence-electron chi connectivity index (χ3n) is 5.92. The van der Waals surface area contributed by atoms with Gasteiger partial charge >= 0.3 is 0 Å². The molecule has 2 saturated heterocycles. The molecule has 0 unspecified atom stereocenters. The first-order valence-corrected chi connectivity index (χ1v) is 10.4. The van der Waals surface area contributed by atoms with Gasteiger partial charge in [-0.2, -0.15) is 0 Å². The highest BCUT2D eigenvalue weighted by Gasteiger charge is 2.29. The van der Waals surface area contributed by atoms with E-state index in [9.17, 15) is 9.18 Å². The van der Waals surface area contributed by atoms with Gasteiger partial charge in [-0.3, -0.25) is 9.69 Å². The predicted octanol–water partition coefficient (Wildman–Crippen LogP) is 3.35. The minimum absolute atomic E-state index is 0.100. The molecule has 156 valence electrons. The van der Waals surface area contributed by atoms with Crippen LogP contribution in [-0.2, 0) is 11.3 Å². The average Bonchev–Trinajstić information content (AvgIpc) is 3.44. The van der Waals surface area contributed by atoms with Crippen molar-refractivity contribution < 1.29 is 18.3 Å². The molecule has 3 heterocycles. The Bertz CT molecular complexity index is 784. The van der Waals surface area contributed by atoms with Crippen molar-refractivity contribution in [2.24, 2.45) is 5.92 Å².